The van der Waals surface area contributed by atoms with E-state index >= 15 is 0 Å². The molecule has 1 aliphatic heterocycles. The smallest absolute Gasteiger partial charge is 0.308 e. The number of rotatable bonds is 4. The second kappa shape index (κ2) is 7.78. The minimum Gasteiger partial charge on any atom is -0.481 e. The summed E-state index contributed by atoms with van der Waals surface area (Å²) in [7, 11) is 3.97. The van der Waals surface area contributed by atoms with Gasteiger partial charge < -0.3 is 14.9 Å². The van der Waals surface area contributed by atoms with Crippen molar-refractivity contribution in [2.24, 2.45) is 11.8 Å². The number of aliphatic carboxylic acids is 1. The third-order valence-corrected chi connectivity index (χ3v) is 5.00. The van der Waals surface area contributed by atoms with E-state index < -0.39 is 11.9 Å². The molecule has 0 spiro atoms. The fourth-order valence-corrected chi connectivity index (χ4v) is 3.55. The van der Waals surface area contributed by atoms with Gasteiger partial charge in [0.05, 0.1) is 11.5 Å². The highest BCUT2D eigenvalue weighted by atomic mass is 16.4. The number of hydrogen-bond donors (Lipinski definition) is 1. The van der Waals surface area contributed by atoms with E-state index in [9.17, 15) is 14.7 Å². The molecule has 1 aromatic heterocycles. The predicted molar refractivity (Wildman–Crippen MR) is 105 cm³/mol. The standard InChI is InChI=1S/C21H25N3O3/c1-14-8-18(21(26)27)13-24(12-14)20(25)17-9-16(10-22-11-17)15-4-6-19(7-5-15)23(2)3/h4-7,9-11,14,18H,8,12-13H2,1-3H3,(H,26,27). The molecule has 1 N–H and O–H groups in total. The van der Waals surface area contributed by atoms with Crippen LogP contribution in [0.5, 0.6) is 0 Å². The first kappa shape index (κ1) is 18.9. The van der Waals surface area contributed by atoms with E-state index in [-0.39, 0.29) is 18.4 Å². The Morgan fingerprint density at radius 1 is 1.11 bits per heavy atom. The number of benzene rings is 1. The van der Waals surface area contributed by atoms with Crippen molar-refractivity contribution in [3.63, 3.8) is 0 Å². The summed E-state index contributed by atoms with van der Waals surface area (Å²) >= 11 is 0. The molecule has 0 aliphatic carbocycles. The Morgan fingerprint density at radius 2 is 1.81 bits per heavy atom. The molecule has 1 aromatic carbocycles. The van der Waals surface area contributed by atoms with Crippen LogP contribution in [0.15, 0.2) is 42.7 Å². The Hall–Kier alpha value is -2.89. The zero-order valence-corrected chi connectivity index (χ0v) is 15.9. The van der Waals surface area contributed by atoms with Gasteiger partial charge in [0, 0.05) is 50.8 Å². The minimum atomic E-state index is -0.841. The summed E-state index contributed by atoms with van der Waals surface area (Å²) in [4.78, 5) is 32.2. The molecular weight excluding hydrogens is 342 g/mol. The fraction of sp³-hybridized carbons (Fsp3) is 0.381. The lowest BCUT2D eigenvalue weighted by Crippen LogP contribution is -2.45. The lowest BCUT2D eigenvalue weighted by Gasteiger charge is -2.34. The minimum absolute atomic E-state index is 0.160. The van der Waals surface area contributed by atoms with Gasteiger partial charge in [-0.05, 0) is 36.1 Å². The molecule has 2 unspecified atom stereocenters. The number of aromatic nitrogens is 1. The summed E-state index contributed by atoms with van der Waals surface area (Å²) in [5.41, 5.74) is 3.44. The number of likely N-dealkylation sites (tertiary alicyclic amines) is 1. The number of amides is 1. The predicted octanol–water partition coefficient (Wildman–Crippen LogP) is 3.00. The Labute approximate surface area is 159 Å². The summed E-state index contributed by atoms with van der Waals surface area (Å²) in [6, 6.07) is 9.88. The number of carboxylic acid groups (broad SMARTS) is 1. The topological polar surface area (TPSA) is 73.7 Å². The SMILES string of the molecule is CC1CC(C(=O)O)CN(C(=O)c2cncc(-c3ccc(N(C)C)cc3)c2)C1. The van der Waals surface area contributed by atoms with Crippen molar-refractivity contribution in [1.82, 2.24) is 9.88 Å². The molecule has 1 saturated heterocycles. The highest BCUT2D eigenvalue weighted by Gasteiger charge is 2.32. The normalized spacial score (nSPS) is 19.6. The van der Waals surface area contributed by atoms with E-state index in [2.05, 4.69) is 4.98 Å². The maximum atomic E-state index is 12.9. The second-order valence-corrected chi connectivity index (χ2v) is 7.49. The molecule has 2 atom stereocenters. The van der Waals surface area contributed by atoms with Crippen molar-refractivity contribution in [2.75, 3.05) is 32.1 Å². The number of anilines is 1. The molecule has 1 amide bonds. The second-order valence-electron chi connectivity index (χ2n) is 7.49. The molecule has 0 saturated carbocycles. The third kappa shape index (κ3) is 4.27. The molecule has 6 heteroatoms. The van der Waals surface area contributed by atoms with E-state index in [0.29, 0.717) is 18.5 Å². The maximum Gasteiger partial charge on any atom is 0.308 e. The van der Waals surface area contributed by atoms with E-state index in [1.165, 1.54) is 0 Å². The number of carboxylic acids is 1. The Morgan fingerprint density at radius 3 is 2.44 bits per heavy atom. The Bertz CT molecular complexity index is 833. The van der Waals surface area contributed by atoms with Crippen LogP contribution in [0.2, 0.25) is 0 Å². The van der Waals surface area contributed by atoms with Crippen molar-refractivity contribution < 1.29 is 14.7 Å². The highest BCUT2D eigenvalue weighted by molar-refractivity contribution is 5.95. The highest BCUT2D eigenvalue weighted by Crippen LogP contribution is 2.26. The van der Waals surface area contributed by atoms with Crippen LogP contribution in [0.1, 0.15) is 23.7 Å². The Kier molecular flexibility index (Phi) is 5.44. The van der Waals surface area contributed by atoms with Crippen molar-refractivity contribution in [3.05, 3.63) is 48.3 Å². The lowest BCUT2D eigenvalue weighted by molar-refractivity contribution is -0.143. The number of nitrogens with zero attached hydrogens (tertiary/aromatic N) is 3. The fourth-order valence-electron chi connectivity index (χ4n) is 3.55. The van der Waals surface area contributed by atoms with Gasteiger partial charge >= 0.3 is 5.97 Å². The first-order valence-corrected chi connectivity index (χ1v) is 9.10. The third-order valence-electron chi connectivity index (χ3n) is 5.00. The molecule has 2 heterocycles. The van der Waals surface area contributed by atoms with Crippen LogP contribution in [-0.4, -0.2) is 54.1 Å². The van der Waals surface area contributed by atoms with E-state index in [0.717, 1.165) is 16.8 Å². The number of carbonyl (C=O) groups is 2. The quantitative estimate of drug-likeness (QED) is 0.899. The summed E-state index contributed by atoms with van der Waals surface area (Å²) in [6.07, 6.45) is 3.89. The summed E-state index contributed by atoms with van der Waals surface area (Å²) < 4.78 is 0. The van der Waals surface area contributed by atoms with Gasteiger partial charge in [-0.25, -0.2) is 0 Å². The van der Waals surface area contributed by atoms with Crippen molar-refractivity contribution in [2.45, 2.75) is 13.3 Å². The van der Waals surface area contributed by atoms with Gasteiger partial charge in [0.25, 0.3) is 5.91 Å². The zero-order chi connectivity index (χ0) is 19.6. The molecule has 6 nitrogen and oxygen atoms in total. The van der Waals surface area contributed by atoms with Crippen molar-refractivity contribution >= 4 is 17.6 Å². The average molecular weight is 367 g/mol. The van der Waals surface area contributed by atoms with Crippen LogP contribution in [0.25, 0.3) is 11.1 Å². The molecule has 2 aromatic rings. The van der Waals surface area contributed by atoms with Crippen LogP contribution in [0, 0.1) is 11.8 Å². The molecule has 1 aliphatic rings. The maximum absolute atomic E-state index is 12.9. The summed E-state index contributed by atoms with van der Waals surface area (Å²) in [6.45, 7) is 2.81. The van der Waals surface area contributed by atoms with Crippen molar-refractivity contribution in [3.8, 4) is 11.1 Å². The average Bonchev–Trinajstić information content (AvgIpc) is 2.67. The van der Waals surface area contributed by atoms with Gasteiger partial charge in [-0.15, -0.1) is 0 Å². The van der Waals surface area contributed by atoms with E-state index in [1.54, 1.807) is 17.3 Å². The van der Waals surface area contributed by atoms with Crippen LogP contribution in [0.3, 0.4) is 0 Å². The van der Waals surface area contributed by atoms with Crippen LogP contribution in [0.4, 0.5) is 5.69 Å². The van der Waals surface area contributed by atoms with Crippen LogP contribution in [-0.2, 0) is 4.79 Å². The molecule has 3 rings (SSSR count). The number of pyridine rings is 1. The van der Waals surface area contributed by atoms with Gasteiger partial charge in [0.15, 0.2) is 0 Å². The van der Waals surface area contributed by atoms with Gasteiger partial charge in [-0.1, -0.05) is 19.1 Å². The van der Waals surface area contributed by atoms with Gasteiger partial charge in [0.1, 0.15) is 0 Å². The van der Waals surface area contributed by atoms with E-state index in [1.807, 2.05) is 56.3 Å². The molecule has 27 heavy (non-hydrogen) atoms. The van der Waals surface area contributed by atoms with Crippen molar-refractivity contribution in [1.29, 1.82) is 0 Å². The molecule has 1 fully saturated rings. The first-order valence-electron chi connectivity index (χ1n) is 9.10. The largest absolute Gasteiger partial charge is 0.481 e. The molecule has 142 valence electrons. The zero-order valence-electron chi connectivity index (χ0n) is 15.9. The monoisotopic (exact) mass is 367 g/mol. The number of piperidine rings is 1. The van der Waals surface area contributed by atoms with Gasteiger partial charge in [-0.2, -0.15) is 0 Å². The molecular formula is C21H25N3O3. The molecule has 0 radical (unpaired) electrons. The first-order chi connectivity index (χ1) is 12.8. The lowest BCUT2D eigenvalue weighted by atomic mass is 9.90. The number of carbonyl (C=O) groups excluding carboxylic acids is 1. The van der Waals surface area contributed by atoms with E-state index in [4.69, 9.17) is 0 Å². The summed E-state index contributed by atoms with van der Waals surface area (Å²) in [5.74, 6) is -1.34. The molecule has 0 bridgehead atoms. The van der Waals surface area contributed by atoms with Crippen LogP contribution >= 0.6 is 0 Å². The summed E-state index contributed by atoms with van der Waals surface area (Å²) in [5, 5.41) is 9.33. The van der Waals surface area contributed by atoms with Gasteiger partial charge in [-0.3, -0.25) is 14.6 Å². The number of hydrogen-bond acceptors (Lipinski definition) is 4. The van der Waals surface area contributed by atoms with Gasteiger partial charge in [0.2, 0.25) is 0 Å². The Balaban J connectivity index is 1.82. The van der Waals surface area contributed by atoms with Crippen LogP contribution < -0.4 is 4.90 Å².